The first-order chi connectivity index (χ1) is 7.07. The van der Waals surface area contributed by atoms with E-state index in [4.69, 9.17) is 0 Å². The quantitative estimate of drug-likeness (QED) is 0.839. The van der Waals surface area contributed by atoms with Crippen LogP contribution in [-0.2, 0) is 9.84 Å². The molecule has 0 amide bonds. The van der Waals surface area contributed by atoms with Gasteiger partial charge in [-0.05, 0) is 31.4 Å². The zero-order valence-corrected chi connectivity index (χ0v) is 9.57. The van der Waals surface area contributed by atoms with Gasteiger partial charge >= 0.3 is 0 Å². The number of hydrogen-bond acceptors (Lipinski definition) is 3. The fraction of sp³-hybridized carbons (Fsp3) is 0.600. The van der Waals surface area contributed by atoms with Gasteiger partial charge in [0.25, 0.3) is 0 Å². The van der Waals surface area contributed by atoms with Crippen molar-refractivity contribution >= 4 is 9.84 Å². The standard InChI is InChI=1S/C10H16N2O2S/c1-15(13,14)10-6-4-5-9(10)11-12-7-2-3-8-12/h2-3,7-11H,4-6H2,1H3. The van der Waals surface area contributed by atoms with Gasteiger partial charge in [-0.1, -0.05) is 0 Å². The van der Waals surface area contributed by atoms with Crippen molar-refractivity contribution in [1.82, 2.24) is 4.68 Å². The van der Waals surface area contributed by atoms with Crippen LogP contribution in [0.15, 0.2) is 24.5 Å². The molecule has 5 heteroatoms. The van der Waals surface area contributed by atoms with Gasteiger partial charge in [-0.15, -0.1) is 0 Å². The van der Waals surface area contributed by atoms with Gasteiger partial charge in [-0.2, -0.15) is 0 Å². The summed E-state index contributed by atoms with van der Waals surface area (Å²) in [4.78, 5) is 0. The summed E-state index contributed by atoms with van der Waals surface area (Å²) in [7, 11) is -2.93. The minimum atomic E-state index is -2.93. The van der Waals surface area contributed by atoms with Crippen LogP contribution >= 0.6 is 0 Å². The predicted octanol–water partition coefficient (Wildman–Crippen LogP) is 0.997. The lowest BCUT2D eigenvalue weighted by Crippen LogP contribution is -2.38. The van der Waals surface area contributed by atoms with Crippen LogP contribution in [0.5, 0.6) is 0 Å². The highest BCUT2D eigenvalue weighted by Crippen LogP contribution is 2.25. The molecule has 1 N–H and O–H groups in total. The lowest BCUT2D eigenvalue weighted by atomic mass is 10.3. The Morgan fingerprint density at radius 2 is 1.93 bits per heavy atom. The van der Waals surface area contributed by atoms with Gasteiger partial charge in [-0.25, -0.2) is 8.42 Å². The maximum atomic E-state index is 11.5. The second-order valence-electron chi connectivity index (χ2n) is 4.12. The highest BCUT2D eigenvalue weighted by Gasteiger charge is 2.34. The van der Waals surface area contributed by atoms with Crippen LogP contribution in [0.25, 0.3) is 0 Å². The minimum absolute atomic E-state index is 0.0485. The zero-order chi connectivity index (χ0) is 10.9. The Hall–Kier alpha value is -0.970. The number of aromatic nitrogens is 1. The summed E-state index contributed by atoms with van der Waals surface area (Å²) in [5, 5.41) is -0.236. The van der Waals surface area contributed by atoms with Crippen LogP contribution in [0.3, 0.4) is 0 Å². The van der Waals surface area contributed by atoms with Gasteiger partial charge in [0.1, 0.15) is 0 Å². The highest BCUT2D eigenvalue weighted by atomic mass is 32.2. The van der Waals surface area contributed by atoms with Crippen molar-refractivity contribution in [3.8, 4) is 0 Å². The number of hydrogen-bond donors (Lipinski definition) is 1. The van der Waals surface area contributed by atoms with E-state index in [-0.39, 0.29) is 11.3 Å². The van der Waals surface area contributed by atoms with Crippen molar-refractivity contribution in [1.29, 1.82) is 0 Å². The molecule has 1 saturated carbocycles. The van der Waals surface area contributed by atoms with E-state index in [1.807, 2.05) is 29.2 Å². The summed E-state index contributed by atoms with van der Waals surface area (Å²) < 4.78 is 24.9. The summed E-state index contributed by atoms with van der Waals surface area (Å²) in [5.74, 6) is 0. The Bertz CT molecular complexity index is 411. The molecule has 0 saturated heterocycles. The zero-order valence-electron chi connectivity index (χ0n) is 8.76. The molecule has 0 aromatic carbocycles. The molecule has 1 aromatic rings. The second-order valence-corrected chi connectivity index (χ2v) is 6.39. The largest absolute Gasteiger partial charge is 0.322 e. The molecule has 0 spiro atoms. The number of nitrogens with one attached hydrogen (secondary N) is 1. The van der Waals surface area contributed by atoms with Crippen LogP contribution in [0.1, 0.15) is 19.3 Å². The van der Waals surface area contributed by atoms with Crippen molar-refractivity contribution in [3.05, 3.63) is 24.5 Å². The lowest BCUT2D eigenvalue weighted by Gasteiger charge is -2.21. The molecule has 84 valence electrons. The monoisotopic (exact) mass is 228 g/mol. The van der Waals surface area contributed by atoms with Crippen molar-refractivity contribution in [2.75, 3.05) is 11.7 Å². The summed E-state index contributed by atoms with van der Waals surface area (Å²) in [5.41, 5.74) is 3.21. The van der Waals surface area contributed by atoms with Gasteiger partial charge in [0.2, 0.25) is 0 Å². The van der Waals surface area contributed by atoms with E-state index in [0.717, 1.165) is 19.3 Å². The van der Waals surface area contributed by atoms with Gasteiger partial charge < -0.3 is 5.43 Å². The van der Waals surface area contributed by atoms with E-state index in [9.17, 15) is 8.42 Å². The van der Waals surface area contributed by atoms with E-state index >= 15 is 0 Å². The summed E-state index contributed by atoms with van der Waals surface area (Å²) in [6.45, 7) is 0. The first-order valence-corrected chi connectivity index (χ1v) is 7.11. The molecular formula is C10H16N2O2S. The van der Waals surface area contributed by atoms with E-state index in [0.29, 0.717) is 0 Å². The summed E-state index contributed by atoms with van der Waals surface area (Å²) >= 11 is 0. The molecular weight excluding hydrogens is 212 g/mol. The molecule has 1 aliphatic carbocycles. The average Bonchev–Trinajstić information content (AvgIpc) is 2.73. The Kier molecular flexibility index (Phi) is 2.73. The molecule has 0 aliphatic heterocycles. The van der Waals surface area contributed by atoms with Crippen molar-refractivity contribution < 1.29 is 8.42 Å². The van der Waals surface area contributed by atoms with Crippen molar-refractivity contribution in [2.24, 2.45) is 0 Å². The topological polar surface area (TPSA) is 51.1 Å². The molecule has 2 unspecified atom stereocenters. The molecule has 2 rings (SSSR count). The number of rotatable bonds is 3. The van der Waals surface area contributed by atoms with Crippen molar-refractivity contribution in [2.45, 2.75) is 30.6 Å². The summed E-state index contributed by atoms with van der Waals surface area (Å²) in [6, 6.07) is 3.88. The molecule has 2 atom stereocenters. The number of sulfone groups is 1. The van der Waals surface area contributed by atoms with Crippen LogP contribution in [-0.4, -0.2) is 30.6 Å². The Morgan fingerprint density at radius 3 is 2.53 bits per heavy atom. The molecule has 4 nitrogen and oxygen atoms in total. The molecule has 1 fully saturated rings. The third kappa shape index (κ3) is 2.34. The molecule has 1 heterocycles. The molecule has 1 aromatic heterocycles. The first kappa shape index (κ1) is 10.5. The molecule has 0 radical (unpaired) electrons. The lowest BCUT2D eigenvalue weighted by molar-refractivity contribution is 0.570. The first-order valence-electron chi connectivity index (χ1n) is 5.16. The summed E-state index contributed by atoms with van der Waals surface area (Å²) in [6.07, 6.45) is 7.78. The molecule has 1 aliphatic rings. The number of nitrogens with zero attached hydrogens (tertiary/aromatic N) is 1. The second kappa shape index (κ2) is 3.89. The smallest absolute Gasteiger partial charge is 0.152 e. The third-order valence-electron chi connectivity index (χ3n) is 2.92. The average molecular weight is 228 g/mol. The van der Waals surface area contributed by atoms with Gasteiger partial charge in [0.05, 0.1) is 11.3 Å². The fourth-order valence-electron chi connectivity index (χ4n) is 2.20. The predicted molar refractivity (Wildman–Crippen MR) is 60.1 cm³/mol. The van der Waals surface area contributed by atoms with Gasteiger partial charge in [-0.3, -0.25) is 4.68 Å². The molecule has 15 heavy (non-hydrogen) atoms. The van der Waals surface area contributed by atoms with Crippen molar-refractivity contribution in [3.63, 3.8) is 0 Å². The normalized spacial score (nSPS) is 26.7. The minimum Gasteiger partial charge on any atom is -0.322 e. The SMILES string of the molecule is CS(=O)(=O)C1CCCC1Nn1cccc1. The Morgan fingerprint density at radius 1 is 1.27 bits per heavy atom. The molecule has 0 bridgehead atoms. The maximum absolute atomic E-state index is 11.5. The van der Waals surface area contributed by atoms with E-state index in [1.165, 1.54) is 6.26 Å². The van der Waals surface area contributed by atoms with Crippen LogP contribution in [0, 0.1) is 0 Å². The van der Waals surface area contributed by atoms with Crippen LogP contribution in [0.4, 0.5) is 0 Å². The maximum Gasteiger partial charge on any atom is 0.152 e. The van der Waals surface area contributed by atoms with E-state index < -0.39 is 9.84 Å². The van der Waals surface area contributed by atoms with E-state index in [2.05, 4.69) is 5.43 Å². The van der Waals surface area contributed by atoms with E-state index in [1.54, 1.807) is 0 Å². The third-order valence-corrected chi connectivity index (χ3v) is 4.59. The van der Waals surface area contributed by atoms with Crippen LogP contribution < -0.4 is 5.43 Å². The Balaban J connectivity index is 2.09. The van der Waals surface area contributed by atoms with Crippen LogP contribution in [0.2, 0.25) is 0 Å². The highest BCUT2D eigenvalue weighted by molar-refractivity contribution is 7.91. The fourth-order valence-corrected chi connectivity index (χ4v) is 3.59. The Labute approximate surface area is 90.2 Å². The van der Waals surface area contributed by atoms with Gasteiger partial charge in [0, 0.05) is 18.6 Å². The van der Waals surface area contributed by atoms with Gasteiger partial charge in [0.15, 0.2) is 9.84 Å².